The molecular formula is C15H23N3O2. The Morgan fingerprint density at radius 3 is 3.30 bits per heavy atom. The fraction of sp³-hybridized carbons (Fsp3) is 0.667. The Balaban J connectivity index is 1.56. The summed E-state index contributed by atoms with van der Waals surface area (Å²) in [6, 6.07) is 4.17. The summed E-state index contributed by atoms with van der Waals surface area (Å²) in [6.07, 6.45) is 4.11. The predicted octanol–water partition coefficient (Wildman–Crippen LogP) is 0.968. The molecule has 0 radical (unpaired) electrons. The van der Waals surface area contributed by atoms with E-state index >= 15 is 0 Å². The Hall–Kier alpha value is -1.33. The smallest absolute Gasteiger partial charge is 0.237 e. The molecule has 1 aromatic heterocycles. The van der Waals surface area contributed by atoms with Gasteiger partial charge in [0, 0.05) is 12.6 Å². The van der Waals surface area contributed by atoms with Crippen LogP contribution in [0.5, 0.6) is 0 Å². The lowest BCUT2D eigenvalue weighted by atomic mass is 9.91. The maximum atomic E-state index is 12.3. The van der Waals surface area contributed by atoms with E-state index in [0.717, 1.165) is 25.4 Å². The van der Waals surface area contributed by atoms with Crippen molar-refractivity contribution in [3.63, 3.8) is 0 Å². The van der Waals surface area contributed by atoms with Crippen LogP contribution >= 0.6 is 0 Å². The van der Waals surface area contributed by atoms with Gasteiger partial charge in [0.25, 0.3) is 0 Å². The number of carbonyl (C=O) groups is 1. The lowest BCUT2D eigenvalue weighted by Gasteiger charge is -2.40. The highest BCUT2D eigenvalue weighted by Crippen LogP contribution is 2.27. The molecule has 2 fully saturated rings. The first-order chi connectivity index (χ1) is 9.75. The largest absolute Gasteiger partial charge is 0.467 e. The van der Waals surface area contributed by atoms with Gasteiger partial charge in [-0.05, 0) is 50.9 Å². The molecule has 2 aliphatic heterocycles. The van der Waals surface area contributed by atoms with Gasteiger partial charge in [0.05, 0.1) is 18.8 Å². The highest BCUT2D eigenvalue weighted by molar-refractivity contribution is 5.81. The predicted molar refractivity (Wildman–Crippen MR) is 76.1 cm³/mol. The highest BCUT2D eigenvalue weighted by atomic mass is 16.3. The number of rotatable bonds is 4. The van der Waals surface area contributed by atoms with Crippen LogP contribution in [0.4, 0.5) is 0 Å². The zero-order chi connectivity index (χ0) is 13.9. The summed E-state index contributed by atoms with van der Waals surface area (Å²) < 4.78 is 5.24. The third-order valence-electron chi connectivity index (χ3n) is 4.62. The first-order valence-electron chi connectivity index (χ1n) is 7.52. The molecule has 1 aromatic rings. The van der Waals surface area contributed by atoms with Crippen LogP contribution in [0.25, 0.3) is 0 Å². The van der Waals surface area contributed by atoms with E-state index in [4.69, 9.17) is 4.42 Å². The Bertz CT molecular complexity index is 446. The Morgan fingerprint density at radius 1 is 1.60 bits per heavy atom. The van der Waals surface area contributed by atoms with Gasteiger partial charge in [-0.1, -0.05) is 0 Å². The second-order valence-electron chi connectivity index (χ2n) is 5.84. The van der Waals surface area contributed by atoms with E-state index in [-0.39, 0.29) is 11.9 Å². The van der Waals surface area contributed by atoms with E-state index in [0.29, 0.717) is 18.5 Å². The van der Waals surface area contributed by atoms with Crippen molar-refractivity contribution in [2.24, 2.45) is 5.92 Å². The van der Waals surface area contributed by atoms with Crippen molar-refractivity contribution in [2.45, 2.75) is 38.4 Å². The van der Waals surface area contributed by atoms with Gasteiger partial charge in [-0.3, -0.25) is 9.69 Å². The minimum atomic E-state index is -0.0716. The van der Waals surface area contributed by atoms with Crippen LogP contribution in [0.2, 0.25) is 0 Å². The average molecular weight is 277 g/mol. The zero-order valence-corrected chi connectivity index (χ0v) is 12.0. The Labute approximate surface area is 119 Å². The number of hydrogen-bond acceptors (Lipinski definition) is 4. The van der Waals surface area contributed by atoms with Crippen LogP contribution in [0.15, 0.2) is 22.8 Å². The summed E-state index contributed by atoms with van der Waals surface area (Å²) in [4.78, 5) is 14.7. The number of nitrogens with one attached hydrogen (secondary N) is 2. The summed E-state index contributed by atoms with van der Waals surface area (Å²) in [5, 5.41) is 6.42. The lowest BCUT2D eigenvalue weighted by Crippen LogP contribution is -2.54. The fourth-order valence-corrected chi connectivity index (χ4v) is 3.47. The molecule has 0 aromatic carbocycles. The van der Waals surface area contributed by atoms with Gasteiger partial charge in [-0.15, -0.1) is 0 Å². The molecule has 2 N–H and O–H groups in total. The molecule has 1 amide bonds. The molecular weight excluding hydrogens is 254 g/mol. The summed E-state index contributed by atoms with van der Waals surface area (Å²) in [6.45, 7) is 5.62. The van der Waals surface area contributed by atoms with Crippen molar-refractivity contribution < 1.29 is 9.21 Å². The van der Waals surface area contributed by atoms with Crippen molar-refractivity contribution in [3.05, 3.63) is 24.2 Å². The number of furan rings is 1. The van der Waals surface area contributed by atoms with E-state index < -0.39 is 0 Å². The molecule has 3 rings (SSSR count). The number of hydrogen-bond donors (Lipinski definition) is 2. The van der Waals surface area contributed by atoms with E-state index in [2.05, 4.69) is 15.5 Å². The number of piperidine rings is 1. The number of fused-ring (bicyclic) bond motifs is 1. The van der Waals surface area contributed by atoms with Gasteiger partial charge in [0.1, 0.15) is 5.76 Å². The second kappa shape index (κ2) is 5.97. The molecule has 0 bridgehead atoms. The van der Waals surface area contributed by atoms with Crippen LogP contribution in [0.3, 0.4) is 0 Å². The summed E-state index contributed by atoms with van der Waals surface area (Å²) in [7, 11) is 0. The summed E-state index contributed by atoms with van der Waals surface area (Å²) in [5.74, 6) is 1.60. The van der Waals surface area contributed by atoms with Crippen molar-refractivity contribution in [1.82, 2.24) is 15.5 Å². The highest BCUT2D eigenvalue weighted by Gasteiger charge is 2.38. The third kappa shape index (κ3) is 2.74. The zero-order valence-electron chi connectivity index (χ0n) is 12.0. The molecule has 0 spiro atoms. The number of carbonyl (C=O) groups excluding carboxylic acids is 1. The van der Waals surface area contributed by atoms with Gasteiger partial charge in [-0.25, -0.2) is 0 Å². The van der Waals surface area contributed by atoms with E-state index in [1.54, 1.807) is 6.26 Å². The molecule has 5 nitrogen and oxygen atoms in total. The third-order valence-corrected chi connectivity index (χ3v) is 4.62. The van der Waals surface area contributed by atoms with Crippen molar-refractivity contribution in [2.75, 3.05) is 19.6 Å². The molecule has 2 saturated heterocycles. The Kier molecular flexibility index (Phi) is 4.08. The van der Waals surface area contributed by atoms with Gasteiger partial charge < -0.3 is 15.1 Å². The van der Waals surface area contributed by atoms with E-state index in [1.807, 2.05) is 19.1 Å². The SMILES string of the molecule is CC(C(=O)NCc1ccco1)N1CCCC2CNCC21. The molecule has 5 heteroatoms. The number of nitrogens with zero attached hydrogens (tertiary/aromatic N) is 1. The molecule has 2 aliphatic rings. The first-order valence-corrected chi connectivity index (χ1v) is 7.52. The normalized spacial score (nSPS) is 28.1. The maximum Gasteiger partial charge on any atom is 0.237 e. The minimum Gasteiger partial charge on any atom is -0.467 e. The summed E-state index contributed by atoms with van der Waals surface area (Å²) >= 11 is 0. The van der Waals surface area contributed by atoms with Gasteiger partial charge >= 0.3 is 0 Å². The number of amides is 1. The van der Waals surface area contributed by atoms with Crippen LogP contribution < -0.4 is 10.6 Å². The number of likely N-dealkylation sites (tertiary alicyclic amines) is 1. The van der Waals surface area contributed by atoms with Crippen molar-refractivity contribution in [3.8, 4) is 0 Å². The van der Waals surface area contributed by atoms with E-state index in [9.17, 15) is 4.79 Å². The molecule has 3 unspecified atom stereocenters. The van der Waals surface area contributed by atoms with Crippen LogP contribution in [-0.2, 0) is 11.3 Å². The molecule has 0 saturated carbocycles. The molecule has 3 atom stereocenters. The first kappa shape index (κ1) is 13.6. The van der Waals surface area contributed by atoms with Gasteiger partial charge in [0.2, 0.25) is 5.91 Å². The minimum absolute atomic E-state index is 0.0716. The monoisotopic (exact) mass is 277 g/mol. The molecule has 20 heavy (non-hydrogen) atoms. The van der Waals surface area contributed by atoms with Crippen molar-refractivity contribution >= 4 is 5.91 Å². The maximum absolute atomic E-state index is 12.3. The second-order valence-corrected chi connectivity index (χ2v) is 5.84. The molecule has 110 valence electrons. The van der Waals surface area contributed by atoms with Crippen LogP contribution in [0, 0.1) is 5.92 Å². The average Bonchev–Trinajstić information content (AvgIpc) is 3.14. The Morgan fingerprint density at radius 2 is 2.50 bits per heavy atom. The van der Waals surface area contributed by atoms with Crippen LogP contribution in [0.1, 0.15) is 25.5 Å². The standard InChI is InChI=1S/C15H23N3O2/c1-11(15(19)17-9-13-5-3-7-20-13)18-6-2-4-12-8-16-10-14(12)18/h3,5,7,11-12,14,16H,2,4,6,8-10H2,1H3,(H,17,19). The molecule has 0 aliphatic carbocycles. The fourth-order valence-electron chi connectivity index (χ4n) is 3.47. The van der Waals surface area contributed by atoms with Crippen molar-refractivity contribution in [1.29, 1.82) is 0 Å². The van der Waals surface area contributed by atoms with E-state index in [1.165, 1.54) is 12.8 Å². The lowest BCUT2D eigenvalue weighted by molar-refractivity contribution is -0.127. The quantitative estimate of drug-likeness (QED) is 0.861. The van der Waals surface area contributed by atoms with Gasteiger partial charge in [-0.2, -0.15) is 0 Å². The summed E-state index contributed by atoms with van der Waals surface area (Å²) in [5.41, 5.74) is 0. The topological polar surface area (TPSA) is 57.5 Å². The molecule has 3 heterocycles. The van der Waals surface area contributed by atoms with Crippen LogP contribution in [-0.4, -0.2) is 42.5 Å². The van der Waals surface area contributed by atoms with Gasteiger partial charge in [0.15, 0.2) is 0 Å².